The van der Waals surface area contributed by atoms with E-state index in [2.05, 4.69) is 20.1 Å². The smallest absolute Gasteiger partial charge is 0.182 e. The van der Waals surface area contributed by atoms with Gasteiger partial charge >= 0.3 is 0 Å². The Morgan fingerprint density at radius 2 is 1.92 bits per heavy atom. The molecule has 0 aliphatic rings. The van der Waals surface area contributed by atoms with Gasteiger partial charge in [0.05, 0.1) is 32.3 Å². The Hall–Kier alpha value is -3.42. The Labute approximate surface area is 136 Å². The van der Waals surface area contributed by atoms with Gasteiger partial charge in [0.2, 0.25) is 0 Å². The molecule has 24 heavy (non-hydrogen) atoms. The Morgan fingerprint density at radius 1 is 1.04 bits per heavy atom. The van der Waals surface area contributed by atoms with E-state index < -0.39 is 0 Å². The van der Waals surface area contributed by atoms with E-state index in [4.69, 9.17) is 13.9 Å². The first-order valence-corrected chi connectivity index (χ1v) is 7.12. The van der Waals surface area contributed by atoms with Gasteiger partial charge in [-0.25, -0.2) is 19.6 Å². The maximum atomic E-state index is 5.34. The highest BCUT2D eigenvalue weighted by molar-refractivity contribution is 5.77. The van der Waals surface area contributed by atoms with Crippen LogP contribution in [0.2, 0.25) is 0 Å². The van der Waals surface area contributed by atoms with E-state index in [1.54, 1.807) is 31.3 Å². The summed E-state index contributed by atoms with van der Waals surface area (Å²) in [6.07, 6.45) is 6.23. The van der Waals surface area contributed by atoms with Gasteiger partial charge in [0.25, 0.3) is 0 Å². The number of hydrogen-bond acceptors (Lipinski definition) is 7. The largest absolute Gasteiger partial charge is 0.493 e. The number of benzene rings is 1. The van der Waals surface area contributed by atoms with Gasteiger partial charge in [0.15, 0.2) is 23.7 Å². The third-order valence-electron chi connectivity index (χ3n) is 3.59. The molecule has 120 valence electrons. The zero-order chi connectivity index (χ0) is 16.5. The number of fused-ring (bicyclic) bond motifs is 1. The van der Waals surface area contributed by atoms with E-state index in [9.17, 15) is 0 Å². The van der Waals surface area contributed by atoms with Crippen molar-refractivity contribution < 1.29 is 13.9 Å². The normalized spacial score (nSPS) is 10.9. The molecular weight excluding hydrogens is 310 g/mol. The van der Waals surface area contributed by atoms with E-state index >= 15 is 0 Å². The Morgan fingerprint density at radius 3 is 2.67 bits per heavy atom. The third kappa shape index (κ3) is 2.24. The van der Waals surface area contributed by atoms with Crippen molar-refractivity contribution >= 4 is 11.0 Å². The number of oxazole rings is 1. The Balaban J connectivity index is 1.80. The molecule has 1 aromatic carbocycles. The van der Waals surface area contributed by atoms with Crippen LogP contribution in [-0.4, -0.2) is 39.0 Å². The molecule has 0 aliphatic heterocycles. The molecule has 0 amide bonds. The summed E-state index contributed by atoms with van der Waals surface area (Å²) in [6.45, 7) is 0. The van der Waals surface area contributed by atoms with Crippen molar-refractivity contribution in [2.24, 2.45) is 0 Å². The Kier molecular flexibility index (Phi) is 3.34. The lowest BCUT2D eigenvalue weighted by atomic mass is 10.2. The molecule has 4 aromatic rings. The first-order chi connectivity index (χ1) is 11.8. The molecule has 0 bridgehead atoms. The summed E-state index contributed by atoms with van der Waals surface area (Å²) in [5, 5.41) is 4.39. The number of aromatic nitrogens is 5. The van der Waals surface area contributed by atoms with Crippen LogP contribution in [0.25, 0.3) is 28.2 Å². The predicted molar refractivity (Wildman–Crippen MR) is 85.3 cm³/mol. The van der Waals surface area contributed by atoms with Crippen LogP contribution in [-0.2, 0) is 0 Å². The molecule has 0 saturated carbocycles. The second-order valence-corrected chi connectivity index (χ2v) is 4.93. The van der Waals surface area contributed by atoms with Crippen molar-refractivity contribution in [2.45, 2.75) is 0 Å². The second kappa shape index (κ2) is 5.65. The van der Waals surface area contributed by atoms with Crippen molar-refractivity contribution in [1.29, 1.82) is 0 Å². The lowest BCUT2D eigenvalue weighted by Gasteiger charge is -2.10. The molecule has 0 fully saturated rings. The third-order valence-corrected chi connectivity index (χ3v) is 3.59. The molecule has 4 rings (SSSR count). The molecule has 3 aromatic heterocycles. The molecular formula is C16H13N5O3. The average molecular weight is 323 g/mol. The molecule has 0 N–H and O–H groups in total. The summed E-state index contributed by atoms with van der Waals surface area (Å²) in [5.41, 5.74) is 2.88. The lowest BCUT2D eigenvalue weighted by Crippen LogP contribution is -1.99. The predicted octanol–water partition coefficient (Wildman–Crippen LogP) is 2.49. The minimum atomic E-state index is 0.489. The number of methoxy groups -OCH3 is 2. The standard InChI is InChI=1S/C16H13N5O3/c1-22-14-4-3-10(5-15(14)23-2)21-13-7-17-16(12-8-24-9-18-12)20-11(13)6-19-21/h3-9H,1-2H3. The highest BCUT2D eigenvalue weighted by atomic mass is 16.5. The van der Waals surface area contributed by atoms with E-state index in [1.165, 1.54) is 12.7 Å². The topological polar surface area (TPSA) is 88.1 Å². The maximum Gasteiger partial charge on any atom is 0.182 e. The fourth-order valence-electron chi connectivity index (χ4n) is 2.43. The van der Waals surface area contributed by atoms with Crippen molar-refractivity contribution in [3.8, 4) is 28.7 Å². The van der Waals surface area contributed by atoms with E-state index in [-0.39, 0.29) is 0 Å². The SMILES string of the molecule is COc1ccc(-n2ncc3nc(-c4cocn4)ncc32)cc1OC. The van der Waals surface area contributed by atoms with Crippen LogP contribution in [0.4, 0.5) is 0 Å². The highest BCUT2D eigenvalue weighted by Crippen LogP contribution is 2.30. The van der Waals surface area contributed by atoms with Gasteiger partial charge in [-0.05, 0) is 12.1 Å². The van der Waals surface area contributed by atoms with Gasteiger partial charge in [-0.15, -0.1) is 0 Å². The van der Waals surface area contributed by atoms with Crippen LogP contribution in [0.1, 0.15) is 0 Å². The van der Waals surface area contributed by atoms with E-state index in [0.29, 0.717) is 28.5 Å². The van der Waals surface area contributed by atoms with Gasteiger partial charge < -0.3 is 13.9 Å². The molecule has 0 radical (unpaired) electrons. The average Bonchev–Trinajstić information content (AvgIpc) is 3.30. The van der Waals surface area contributed by atoms with Crippen molar-refractivity contribution in [2.75, 3.05) is 14.2 Å². The van der Waals surface area contributed by atoms with Gasteiger partial charge in [-0.2, -0.15) is 5.10 Å². The number of ether oxygens (including phenoxy) is 2. The molecule has 0 aliphatic carbocycles. The summed E-state index contributed by atoms with van der Waals surface area (Å²) in [7, 11) is 3.19. The number of nitrogens with zero attached hydrogens (tertiary/aromatic N) is 5. The van der Waals surface area contributed by atoms with E-state index in [0.717, 1.165) is 11.2 Å². The monoisotopic (exact) mass is 323 g/mol. The molecule has 3 heterocycles. The summed E-state index contributed by atoms with van der Waals surface area (Å²) in [5.74, 6) is 1.77. The molecule has 0 saturated heterocycles. The quantitative estimate of drug-likeness (QED) is 0.570. The fraction of sp³-hybridized carbons (Fsp3) is 0.125. The van der Waals surface area contributed by atoms with Crippen molar-refractivity contribution in [3.63, 3.8) is 0 Å². The molecule has 8 heteroatoms. The van der Waals surface area contributed by atoms with Crippen LogP contribution in [0.5, 0.6) is 11.5 Å². The number of hydrogen-bond donors (Lipinski definition) is 0. The van der Waals surface area contributed by atoms with Gasteiger partial charge in [-0.1, -0.05) is 0 Å². The Bertz CT molecular complexity index is 994. The van der Waals surface area contributed by atoms with Crippen LogP contribution in [0.15, 0.2) is 47.7 Å². The minimum Gasteiger partial charge on any atom is -0.493 e. The van der Waals surface area contributed by atoms with Gasteiger partial charge in [0, 0.05) is 6.07 Å². The summed E-state index contributed by atoms with van der Waals surface area (Å²) < 4.78 is 17.3. The fourth-order valence-corrected chi connectivity index (χ4v) is 2.43. The van der Waals surface area contributed by atoms with Crippen LogP contribution >= 0.6 is 0 Å². The molecule has 0 unspecified atom stereocenters. The summed E-state index contributed by atoms with van der Waals surface area (Å²) in [6, 6.07) is 5.56. The van der Waals surface area contributed by atoms with Gasteiger partial charge in [-0.3, -0.25) is 0 Å². The maximum absolute atomic E-state index is 5.34. The van der Waals surface area contributed by atoms with Crippen LogP contribution in [0, 0.1) is 0 Å². The minimum absolute atomic E-state index is 0.489. The molecule has 0 atom stereocenters. The summed E-state index contributed by atoms with van der Waals surface area (Å²) in [4.78, 5) is 12.9. The van der Waals surface area contributed by atoms with Crippen molar-refractivity contribution in [1.82, 2.24) is 24.7 Å². The summed E-state index contributed by atoms with van der Waals surface area (Å²) >= 11 is 0. The molecule has 0 spiro atoms. The highest BCUT2D eigenvalue weighted by Gasteiger charge is 2.12. The van der Waals surface area contributed by atoms with Crippen LogP contribution in [0.3, 0.4) is 0 Å². The first-order valence-electron chi connectivity index (χ1n) is 7.12. The van der Waals surface area contributed by atoms with E-state index in [1.807, 2.05) is 18.2 Å². The number of rotatable bonds is 4. The molecule has 8 nitrogen and oxygen atoms in total. The van der Waals surface area contributed by atoms with Crippen molar-refractivity contribution in [3.05, 3.63) is 43.2 Å². The zero-order valence-electron chi connectivity index (χ0n) is 13.0. The van der Waals surface area contributed by atoms with Crippen LogP contribution < -0.4 is 9.47 Å². The van der Waals surface area contributed by atoms with Gasteiger partial charge in [0.1, 0.15) is 23.0 Å². The second-order valence-electron chi connectivity index (χ2n) is 4.93. The lowest BCUT2D eigenvalue weighted by molar-refractivity contribution is 0.355. The zero-order valence-corrected chi connectivity index (χ0v) is 13.0. The first kappa shape index (κ1) is 14.2.